The molecule has 1 aromatic heterocycles. The minimum absolute atomic E-state index is 0.0285. The molecule has 1 aromatic carbocycles. The molecule has 3 rings (SSSR count). The minimum Gasteiger partial charge on any atom is -0.376 e. The van der Waals surface area contributed by atoms with Gasteiger partial charge in [-0.15, -0.1) is 0 Å². The van der Waals surface area contributed by atoms with E-state index in [0.717, 1.165) is 25.0 Å². The van der Waals surface area contributed by atoms with E-state index in [4.69, 9.17) is 4.74 Å². The molecule has 0 bridgehead atoms. The molecule has 1 saturated heterocycles. The van der Waals surface area contributed by atoms with Gasteiger partial charge in [-0.3, -0.25) is 14.6 Å². The number of nitrogens with zero attached hydrogens (tertiary/aromatic N) is 3. The highest BCUT2D eigenvalue weighted by Gasteiger charge is 2.24. The van der Waals surface area contributed by atoms with Gasteiger partial charge in [0.2, 0.25) is 5.91 Å². The number of aromatic nitrogens is 1. The second kappa shape index (κ2) is 9.28. The van der Waals surface area contributed by atoms with Crippen molar-refractivity contribution in [1.29, 1.82) is 0 Å². The van der Waals surface area contributed by atoms with E-state index in [1.54, 1.807) is 36.5 Å². The van der Waals surface area contributed by atoms with Gasteiger partial charge < -0.3 is 14.5 Å². The average Bonchev–Trinajstić information content (AvgIpc) is 3.21. The van der Waals surface area contributed by atoms with Gasteiger partial charge in [0, 0.05) is 44.7 Å². The van der Waals surface area contributed by atoms with Crippen LogP contribution >= 0.6 is 0 Å². The van der Waals surface area contributed by atoms with Crippen LogP contribution in [0.25, 0.3) is 0 Å². The Kier molecular flexibility index (Phi) is 6.54. The number of carbonyl (C=O) groups excluding carboxylic acids is 2. The van der Waals surface area contributed by atoms with E-state index in [1.165, 1.54) is 4.90 Å². The van der Waals surface area contributed by atoms with Crippen LogP contribution in [0.5, 0.6) is 0 Å². The first-order valence-corrected chi connectivity index (χ1v) is 9.22. The number of ether oxygens (including phenoxy) is 1. The Morgan fingerprint density at radius 3 is 2.67 bits per heavy atom. The summed E-state index contributed by atoms with van der Waals surface area (Å²) in [6, 6.07) is 12.8. The lowest BCUT2D eigenvalue weighted by molar-refractivity contribution is -0.133. The predicted octanol–water partition coefficient (Wildman–Crippen LogP) is 2.36. The normalized spacial score (nSPS) is 16.1. The van der Waals surface area contributed by atoms with Crippen LogP contribution in [-0.4, -0.2) is 59.4 Å². The van der Waals surface area contributed by atoms with Gasteiger partial charge in [-0.2, -0.15) is 0 Å². The van der Waals surface area contributed by atoms with Gasteiger partial charge in [0.05, 0.1) is 12.6 Å². The summed E-state index contributed by atoms with van der Waals surface area (Å²) in [6.07, 6.45) is 5.50. The highest BCUT2D eigenvalue weighted by Crippen LogP contribution is 2.15. The summed E-state index contributed by atoms with van der Waals surface area (Å²) in [5, 5.41) is 0. The third-order valence-electron chi connectivity index (χ3n) is 4.64. The topological polar surface area (TPSA) is 62.7 Å². The summed E-state index contributed by atoms with van der Waals surface area (Å²) >= 11 is 0. The smallest absolute Gasteiger partial charge is 0.254 e. The Labute approximate surface area is 159 Å². The molecule has 6 heteroatoms. The molecule has 6 nitrogen and oxygen atoms in total. The van der Waals surface area contributed by atoms with Crippen LogP contribution in [0.3, 0.4) is 0 Å². The van der Waals surface area contributed by atoms with Crippen molar-refractivity contribution in [3.05, 3.63) is 66.0 Å². The van der Waals surface area contributed by atoms with Crippen molar-refractivity contribution in [2.24, 2.45) is 0 Å². The molecule has 0 spiro atoms. The van der Waals surface area contributed by atoms with E-state index in [9.17, 15) is 9.59 Å². The van der Waals surface area contributed by atoms with Crippen LogP contribution in [0.4, 0.5) is 0 Å². The molecular formula is C21H25N3O3. The van der Waals surface area contributed by atoms with E-state index in [1.807, 2.05) is 30.3 Å². The number of amides is 2. The van der Waals surface area contributed by atoms with Crippen molar-refractivity contribution in [3.63, 3.8) is 0 Å². The van der Waals surface area contributed by atoms with E-state index < -0.39 is 0 Å². The number of rotatable bonds is 7. The number of benzene rings is 1. The van der Waals surface area contributed by atoms with Gasteiger partial charge in [-0.1, -0.05) is 24.3 Å². The van der Waals surface area contributed by atoms with Gasteiger partial charge in [0.25, 0.3) is 5.91 Å². The van der Waals surface area contributed by atoms with Crippen molar-refractivity contribution >= 4 is 11.8 Å². The maximum atomic E-state index is 12.9. The lowest BCUT2D eigenvalue weighted by atomic mass is 10.2. The Hall–Kier alpha value is -2.73. The molecule has 2 aromatic rings. The summed E-state index contributed by atoms with van der Waals surface area (Å²) < 4.78 is 5.70. The zero-order valence-corrected chi connectivity index (χ0v) is 15.6. The molecule has 27 heavy (non-hydrogen) atoms. The summed E-state index contributed by atoms with van der Waals surface area (Å²) in [4.78, 5) is 32.8. The molecule has 142 valence electrons. The largest absolute Gasteiger partial charge is 0.376 e. The second-order valence-corrected chi connectivity index (χ2v) is 6.80. The number of carbonyl (C=O) groups is 2. The third kappa shape index (κ3) is 5.37. The van der Waals surface area contributed by atoms with Crippen LogP contribution in [-0.2, 0) is 16.1 Å². The predicted molar refractivity (Wildman–Crippen MR) is 102 cm³/mol. The second-order valence-electron chi connectivity index (χ2n) is 6.80. The molecule has 1 fully saturated rings. The van der Waals surface area contributed by atoms with Crippen molar-refractivity contribution in [1.82, 2.24) is 14.8 Å². The van der Waals surface area contributed by atoms with Crippen LogP contribution in [0.15, 0.2) is 54.9 Å². The first kappa shape index (κ1) is 19.0. The highest BCUT2D eigenvalue weighted by molar-refractivity contribution is 5.96. The van der Waals surface area contributed by atoms with Crippen molar-refractivity contribution in [2.75, 3.05) is 26.7 Å². The number of pyridine rings is 1. The molecule has 0 N–H and O–H groups in total. The molecule has 1 unspecified atom stereocenters. The van der Waals surface area contributed by atoms with E-state index in [2.05, 4.69) is 4.98 Å². The van der Waals surface area contributed by atoms with Crippen LogP contribution in [0.2, 0.25) is 0 Å². The summed E-state index contributed by atoms with van der Waals surface area (Å²) in [7, 11) is 1.65. The van der Waals surface area contributed by atoms with Gasteiger partial charge >= 0.3 is 0 Å². The van der Waals surface area contributed by atoms with Crippen LogP contribution < -0.4 is 0 Å². The Bertz CT molecular complexity index is 746. The molecule has 2 heterocycles. The fourth-order valence-electron chi connectivity index (χ4n) is 3.18. The van der Waals surface area contributed by atoms with E-state index in [-0.39, 0.29) is 24.5 Å². The fraction of sp³-hybridized carbons (Fsp3) is 0.381. The zero-order valence-electron chi connectivity index (χ0n) is 15.6. The Morgan fingerprint density at radius 2 is 2.00 bits per heavy atom. The van der Waals surface area contributed by atoms with Gasteiger partial charge in [-0.05, 0) is 36.6 Å². The lowest BCUT2D eigenvalue weighted by Gasteiger charge is -2.28. The Balaban J connectivity index is 1.66. The van der Waals surface area contributed by atoms with E-state index in [0.29, 0.717) is 18.7 Å². The molecule has 0 aliphatic carbocycles. The molecular weight excluding hydrogens is 342 g/mol. The Morgan fingerprint density at radius 1 is 1.19 bits per heavy atom. The number of hydrogen-bond acceptors (Lipinski definition) is 4. The quantitative estimate of drug-likeness (QED) is 0.754. The van der Waals surface area contributed by atoms with Crippen molar-refractivity contribution in [3.8, 4) is 0 Å². The van der Waals surface area contributed by atoms with Crippen LogP contribution in [0.1, 0.15) is 28.8 Å². The molecule has 1 aliphatic heterocycles. The summed E-state index contributed by atoms with van der Waals surface area (Å²) in [6.45, 7) is 1.76. The average molecular weight is 367 g/mol. The van der Waals surface area contributed by atoms with Gasteiger partial charge in [0.1, 0.15) is 0 Å². The van der Waals surface area contributed by atoms with Crippen molar-refractivity contribution in [2.45, 2.75) is 25.5 Å². The van der Waals surface area contributed by atoms with Crippen molar-refractivity contribution < 1.29 is 14.3 Å². The number of likely N-dealkylation sites (N-methyl/N-ethyl adjacent to an activating group) is 1. The highest BCUT2D eigenvalue weighted by atomic mass is 16.5. The molecule has 0 saturated carbocycles. The zero-order chi connectivity index (χ0) is 19.1. The first-order valence-electron chi connectivity index (χ1n) is 9.22. The number of hydrogen-bond donors (Lipinski definition) is 0. The van der Waals surface area contributed by atoms with E-state index >= 15 is 0 Å². The molecule has 1 aliphatic rings. The maximum Gasteiger partial charge on any atom is 0.254 e. The monoisotopic (exact) mass is 367 g/mol. The molecule has 2 amide bonds. The summed E-state index contributed by atoms with van der Waals surface area (Å²) in [5.41, 5.74) is 1.53. The standard InChI is InChI=1S/C21H25N3O3/c1-23(21(26)18-8-3-2-4-9-18)16-20(25)24(15-19-10-6-12-27-19)14-17-7-5-11-22-13-17/h2-5,7-9,11,13,19H,6,10,12,14-16H2,1H3. The minimum atomic E-state index is -0.164. The lowest BCUT2D eigenvalue weighted by Crippen LogP contribution is -2.43. The van der Waals surface area contributed by atoms with Gasteiger partial charge in [0.15, 0.2) is 0 Å². The fourth-order valence-corrected chi connectivity index (χ4v) is 3.18. The SMILES string of the molecule is CN(CC(=O)N(Cc1cccnc1)CC1CCCO1)C(=O)c1ccccc1. The molecule has 1 atom stereocenters. The first-order chi connectivity index (χ1) is 13.1. The molecule has 0 radical (unpaired) electrons. The third-order valence-corrected chi connectivity index (χ3v) is 4.64. The summed E-state index contributed by atoms with van der Waals surface area (Å²) in [5.74, 6) is -0.261. The van der Waals surface area contributed by atoms with Gasteiger partial charge in [-0.25, -0.2) is 0 Å². The van der Waals surface area contributed by atoms with Crippen LogP contribution in [0, 0.1) is 0 Å². The maximum absolute atomic E-state index is 12.9.